The Morgan fingerprint density at radius 3 is 2.55 bits per heavy atom. The zero-order valence-electron chi connectivity index (χ0n) is 18.6. The van der Waals surface area contributed by atoms with Crippen molar-refractivity contribution in [1.82, 2.24) is 20.3 Å². The molecule has 10 heteroatoms. The second-order valence-electron chi connectivity index (χ2n) is 8.52. The highest BCUT2D eigenvalue weighted by Crippen LogP contribution is 2.25. The number of hydrogen-bond donors (Lipinski definition) is 3. The lowest BCUT2D eigenvalue weighted by Gasteiger charge is -2.18. The number of rotatable bonds is 6. The molecule has 2 aromatic heterocycles. The largest absolute Gasteiger partial charge is 0.352 e. The first-order chi connectivity index (χ1) is 15.5. The number of carbonyl (C=O) groups is 2. The minimum absolute atomic E-state index is 0.0171. The summed E-state index contributed by atoms with van der Waals surface area (Å²) in [5.41, 5.74) is 0.219. The van der Waals surface area contributed by atoms with Gasteiger partial charge in [-0.15, -0.1) is 0 Å². The van der Waals surface area contributed by atoms with Crippen molar-refractivity contribution >= 4 is 17.8 Å². The second kappa shape index (κ2) is 9.43. The molecule has 33 heavy (non-hydrogen) atoms. The highest BCUT2D eigenvalue weighted by molar-refractivity contribution is 6.04. The number of nitrogens with zero attached hydrogens (tertiary/aromatic N) is 2. The first kappa shape index (κ1) is 24.0. The number of benzene rings is 1. The van der Waals surface area contributed by atoms with E-state index in [-0.39, 0.29) is 24.0 Å². The van der Waals surface area contributed by atoms with Crippen LogP contribution in [0.25, 0.3) is 11.3 Å². The number of imidazole rings is 1. The van der Waals surface area contributed by atoms with E-state index in [1.165, 1.54) is 30.5 Å². The number of pyridine rings is 1. The van der Waals surface area contributed by atoms with Crippen LogP contribution in [0.4, 0.5) is 19.1 Å². The van der Waals surface area contributed by atoms with E-state index in [0.29, 0.717) is 22.5 Å². The minimum Gasteiger partial charge on any atom is -0.352 e. The van der Waals surface area contributed by atoms with Gasteiger partial charge < -0.3 is 10.3 Å². The van der Waals surface area contributed by atoms with Crippen LogP contribution in [0.2, 0.25) is 0 Å². The molecule has 0 unspecified atom stereocenters. The highest BCUT2D eigenvalue weighted by Gasteiger charge is 2.24. The molecular formula is C23H24F3N5O2. The van der Waals surface area contributed by atoms with E-state index in [0.717, 1.165) is 0 Å². The number of carbonyl (C=O) groups excluding carboxylic acids is 2. The van der Waals surface area contributed by atoms with E-state index in [9.17, 15) is 22.8 Å². The molecule has 0 radical (unpaired) electrons. The summed E-state index contributed by atoms with van der Waals surface area (Å²) in [6.07, 6.45) is -1.79. The van der Waals surface area contributed by atoms with Crippen LogP contribution >= 0.6 is 0 Å². The molecule has 2 heterocycles. The van der Waals surface area contributed by atoms with Crippen LogP contribution in [0.5, 0.6) is 0 Å². The number of alkyl halides is 2. The van der Waals surface area contributed by atoms with Crippen molar-refractivity contribution in [2.24, 2.45) is 5.41 Å². The summed E-state index contributed by atoms with van der Waals surface area (Å²) in [5, 5.41) is 5.15. The minimum atomic E-state index is -2.98. The van der Waals surface area contributed by atoms with Gasteiger partial charge in [0.05, 0.1) is 17.0 Å². The van der Waals surface area contributed by atoms with Crippen molar-refractivity contribution < 1.29 is 22.8 Å². The van der Waals surface area contributed by atoms with Gasteiger partial charge in [0.25, 0.3) is 12.3 Å². The van der Waals surface area contributed by atoms with Crippen LogP contribution in [0.1, 0.15) is 54.5 Å². The molecule has 0 spiro atoms. The van der Waals surface area contributed by atoms with Gasteiger partial charge in [-0.3, -0.25) is 19.9 Å². The molecule has 1 aromatic carbocycles. The summed E-state index contributed by atoms with van der Waals surface area (Å²) in [6, 6.07) is 7.07. The molecule has 0 atom stereocenters. The average molecular weight is 459 g/mol. The molecule has 2 amide bonds. The van der Waals surface area contributed by atoms with Gasteiger partial charge in [0.15, 0.2) is 0 Å². The Labute approximate surface area is 188 Å². The summed E-state index contributed by atoms with van der Waals surface area (Å²) in [5.74, 6) is -1.50. The first-order valence-electron chi connectivity index (χ1n) is 10.1. The second-order valence-corrected chi connectivity index (χ2v) is 8.52. The van der Waals surface area contributed by atoms with Crippen LogP contribution in [-0.4, -0.2) is 26.8 Å². The molecule has 0 saturated heterocycles. The fraction of sp³-hybridized carbons (Fsp3) is 0.304. The molecule has 0 aliphatic carbocycles. The van der Waals surface area contributed by atoms with E-state index in [1.54, 1.807) is 33.8 Å². The Bertz CT molecular complexity index is 1190. The summed E-state index contributed by atoms with van der Waals surface area (Å²) < 4.78 is 40.5. The summed E-state index contributed by atoms with van der Waals surface area (Å²) in [7, 11) is 0. The van der Waals surface area contributed by atoms with Crippen LogP contribution in [0, 0.1) is 18.2 Å². The predicted molar refractivity (Wildman–Crippen MR) is 117 cm³/mol. The predicted octanol–water partition coefficient (Wildman–Crippen LogP) is 4.77. The molecule has 0 bridgehead atoms. The van der Waals surface area contributed by atoms with Gasteiger partial charge in [-0.2, -0.15) is 0 Å². The van der Waals surface area contributed by atoms with Crippen molar-refractivity contribution in [3.05, 3.63) is 64.9 Å². The van der Waals surface area contributed by atoms with Crippen molar-refractivity contribution in [3.8, 4) is 11.3 Å². The van der Waals surface area contributed by atoms with E-state index in [2.05, 4.69) is 25.6 Å². The maximum Gasteiger partial charge on any atom is 0.281 e. The normalized spacial score (nSPS) is 11.5. The summed E-state index contributed by atoms with van der Waals surface area (Å²) in [6.45, 7) is 6.90. The van der Waals surface area contributed by atoms with Crippen molar-refractivity contribution in [2.45, 2.75) is 40.7 Å². The van der Waals surface area contributed by atoms with E-state index in [4.69, 9.17) is 0 Å². The maximum absolute atomic E-state index is 13.6. The van der Waals surface area contributed by atoms with E-state index in [1.807, 2.05) is 0 Å². The number of H-pyrrole nitrogens is 1. The number of aromatic nitrogens is 3. The number of hydrogen-bond acceptors (Lipinski definition) is 4. The molecule has 7 nitrogen and oxygen atoms in total. The molecule has 0 aliphatic heterocycles. The zero-order valence-corrected chi connectivity index (χ0v) is 18.6. The molecule has 0 aliphatic rings. The lowest BCUT2D eigenvalue weighted by Crippen LogP contribution is -2.34. The van der Waals surface area contributed by atoms with Gasteiger partial charge in [-0.05, 0) is 30.7 Å². The van der Waals surface area contributed by atoms with Gasteiger partial charge >= 0.3 is 0 Å². The smallest absolute Gasteiger partial charge is 0.281 e. The van der Waals surface area contributed by atoms with Gasteiger partial charge in [0.1, 0.15) is 11.5 Å². The van der Waals surface area contributed by atoms with Gasteiger partial charge in [-0.1, -0.05) is 32.9 Å². The molecule has 0 fully saturated rings. The van der Waals surface area contributed by atoms with Gasteiger partial charge in [-0.25, -0.2) is 18.2 Å². The Morgan fingerprint density at radius 1 is 1.18 bits per heavy atom. The number of aryl methyl sites for hydroxylation is 1. The summed E-state index contributed by atoms with van der Waals surface area (Å²) >= 11 is 0. The van der Waals surface area contributed by atoms with Crippen molar-refractivity contribution in [1.29, 1.82) is 0 Å². The fourth-order valence-corrected chi connectivity index (χ4v) is 3.04. The Balaban J connectivity index is 1.84. The quantitative estimate of drug-likeness (QED) is 0.494. The average Bonchev–Trinajstić information content (AvgIpc) is 3.10. The topological polar surface area (TPSA) is 99.8 Å². The number of aromatic amines is 1. The zero-order chi connectivity index (χ0) is 24.3. The fourth-order valence-electron chi connectivity index (χ4n) is 3.04. The molecule has 174 valence electrons. The van der Waals surface area contributed by atoms with Crippen molar-refractivity contribution in [2.75, 3.05) is 5.32 Å². The lowest BCUT2D eigenvalue weighted by molar-refractivity contribution is -0.128. The number of halogens is 3. The molecule has 0 saturated carbocycles. The van der Waals surface area contributed by atoms with Crippen LogP contribution < -0.4 is 10.6 Å². The standard InChI is InChI=1S/C23H24F3N5O2/c1-12-17(14-6-5-7-15(24)9-14)30-22(29-12)31-20(32)16-8-13(10-27-18(16)19(25)26)11-28-21(33)23(2,3)4/h5-10,19H,11H2,1-4H3,(H,28,33)(H2,29,30,31,32). The van der Waals surface area contributed by atoms with Crippen LogP contribution in [-0.2, 0) is 11.3 Å². The third-order valence-electron chi connectivity index (χ3n) is 4.79. The third-order valence-corrected chi connectivity index (χ3v) is 4.79. The highest BCUT2D eigenvalue weighted by atomic mass is 19.3. The lowest BCUT2D eigenvalue weighted by atomic mass is 9.95. The number of nitrogens with one attached hydrogen (secondary N) is 3. The first-order valence-corrected chi connectivity index (χ1v) is 10.1. The van der Waals surface area contributed by atoms with E-state index < -0.39 is 29.3 Å². The van der Waals surface area contributed by atoms with Crippen molar-refractivity contribution in [3.63, 3.8) is 0 Å². The Kier molecular flexibility index (Phi) is 6.85. The maximum atomic E-state index is 13.6. The van der Waals surface area contributed by atoms with Crippen LogP contribution in [0.3, 0.4) is 0 Å². The van der Waals surface area contributed by atoms with Crippen LogP contribution in [0.15, 0.2) is 36.5 Å². The molecule has 3 rings (SSSR count). The molecular weight excluding hydrogens is 435 g/mol. The Hall–Kier alpha value is -3.69. The van der Waals surface area contributed by atoms with Gasteiger partial charge in [0, 0.05) is 23.7 Å². The third kappa shape index (κ3) is 5.76. The molecule has 3 N–H and O–H groups in total. The SMILES string of the molecule is Cc1nc(NC(=O)c2cc(CNC(=O)C(C)(C)C)cnc2C(F)F)[nH]c1-c1cccc(F)c1. The molecule has 3 aromatic rings. The number of anilines is 1. The monoisotopic (exact) mass is 459 g/mol. The summed E-state index contributed by atoms with van der Waals surface area (Å²) in [4.78, 5) is 35.7. The number of amides is 2. The van der Waals surface area contributed by atoms with Gasteiger partial charge in [0.2, 0.25) is 11.9 Å². The Morgan fingerprint density at radius 2 is 1.91 bits per heavy atom. The van der Waals surface area contributed by atoms with E-state index >= 15 is 0 Å².